The van der Waals surface area contributed by atoms with Crippen molar-refractivity contribution in [3.05, 3.63) is 30.0 Å². The van der Waals surface area contributed by atoms with Crippen LogP contribution >= 0.6 is 0 Å². The maximum Gasteiger partial charge on any atom is 0.350 e. The van der Waals surface area contributed by atoms with Gasteiger partial charge in [-0.05, 0) is 19.1 Å². The first-order valence-electron chi connectivity index (χ1n) is 5.92. The Balaban J connectivity index is 2.92. The van der Waals surface area contributed by atoms with Crippen LogP contribution in [0.5, 0.6) is 11.5 Å². The van der Waals surface area contributed by atoms with Gasteiger partial charge in [-0.2, -0.15) is 5.26 Å². The van der Waals surface area contributed by atoms with Crippen LogP contribution in [0.15, 0.2) is 30.0 Å². The molecule has 0 unspecified atom stereocenters. The molecule has 0 aliphatic rings. The molecule has 0 bridgehead atoms. The fraction of sp³-hybridized carbons (Fsp3) is 0.286. The molecule has 6 heteroatoms. The van der Waals surface area contributed by atoms with E-state index in [1.165, 1.54) is 13.3 Å². The van der Waals surface area contributed by atoms with Gasteiger partial charge in [-0.1, -0.05) is 0 Å². The molecule has 0 saturated carbocycles. The first-order valence-corrected chi connectivity index (χ1v) is 5.92. The minimum Gasteiger partial charge on any atom is -0.497 e. The number of hydrogen-bond donors (Lipinski definition) is 1. The number of hydrogen-bond acceptors (Lipinski definition) is 6. The SMILES string of the molecule is CCOC(=O)C(C#N)=CNc1ccc(OC)cc1OC. The van der Waals surface area contributed by atoms with Crippen LogP contribution in [0.2, 0.25) is 0 Å². The molecule has 1 rings (SSSR count). The number of nitriles is 1. The van der Waals surface area contributed by atoms with Crippen molar-refractivity contribution < 1.29 is 19.0 Å². The van der Waals surface area contributed by atoms with Crippen LogP contribution in [0.1, 0.15) is 6.92 Å². The van der Waals surface area contributed by atoms with Crippen molar-refractivity contribution in [3.63, 3.8) is 0 Å². The van der Waals surface area contributed by atoms with Gasteiger partial charge in [0, 0.05) is 12.3 Å². The van der Waals surface area contributed by atoms with E-state index in [0.29, 0.717) is 17.2 Å². The first kappa shape index (κ1) is 15.4. The van der Waals surface area contributed by atoms with Crippen LogP contribution in [0.4, 0.5) is 5.69 Å². The van der Waals surface area contributed by atoms with Gasteiger partial charge in [0.25, 0.3) is 0 Å². The van der Waals surface area contributed by atoms with E-state index in [9.17, 15) is 4.79 Å². The molecular weight excluding hydrogens is 260 g/mol. The number of ether oxygens (including phenoxy) is 3. The molecule has 0 radical (unpaired) electrons. The zero-order valence-corrected chi connectivity index (χ0v) is 11.6. The van der Waals surface area contributed by atoms with Crippen molar-refractivity contribution in [2.75, 3.05) is 26.1 Å². The number of nitrogens with zero attached hydrogens (tertiary/aromatic N) is 1. The lowest BCUT2D eigenvalue weighted by Crippen LogP contribution is -2.08. The number of esters is 1. The fourth-order valence-electron chi connectivity index (χ4n) is 1.41. The summed E-state index contributed by atoms with van der Waals surface area (Å²) in [5.74, 6) is 0.499. The molecule has 1 N–H and O–H groups in total. The van der Waals surface area contributed by atoms with Gasteiger partial charge in [-0.15, -0.1) is 0 Å². The van der Waals surface area contributed by atoms with Gasteiger partial charge in [-0.3, -0.25) is 0 Å². The van der Waals surface area contributed by atoms with Crippen molar-refractivity contribution in [3.8, 4) is 17.6 Å². The molecule has 0 atom stereocenters. The zero-order valence-electron chi connectivity index (χ0n) is 11.6. The third-order valence-corrected chi connectivity index (χ3v) is 2.40. The topological polar surface area (TPSA) is 80.6 Å². The highest BCUT2D eigenvalue weighted by molar-refractivity contribution is 5.93. The van der Waals surface area contributed by atoms with E-state index in [1.54, 1.807) is 38.3 Å². The molecule has 1 aromatic carbocycles. The highest BCUT2D eigenvalue weighted by Crippen LogP contribution is 2.29. The Hall–Kier alpha value is -2.68. The van der Waals surface area contributed by atoms with Gasteiger partial charge in [0.15, 0.2) is 5.57 Å². The van der Waals surface area contributed by atoms with Crippen LogP contribution in [0.25, 0.3) is 0 Å². The second kappa shape index (κ2) is 7.69. The number of rotatable bonds is 6. The minimum absolute atomic E-state index is 0.121. The number of methoxy groups -OCH3 is 2. The lowest BCUT2D eigenvalue weighted by atomic mass is 10.2. The van der Waals surface area contributed by atoms with Gasteiger partial charge >= 0.3 is 5.97 Å². The number of carbonyl (C=O) groups is 1. The Morgan fingerprint density at radius 1 is 1.40 bits per heavy atom. The van der Waals surface area contributed by atoms with E-state index >= 15 is 0 Å². The molecule has 0 aliphatic heterocycles. The third kappa shape index (κ3) is 3.92. The number of benzene rings is 1. The summed E-state index contributed by atoms with van der Waals surface area (Å²) < 4.78 is 15.0. The normalized spacial score (nSPS) is 10.4. The highest BCUT2D eigenvalue weighted by Gasteiger charge is 2.10. The molecule has 0 aliphatic carbocycles. The average Bonchev–Trinajstić information content (AvgIpc) is 2.48. The smallest absolute Gasteiger partial charge is 0.350 e. The maximum atomic E-state index is 11.4. The van der Waals surface area contributed by atoms with E-state index in [-0.39, 0.29) is 12.2 Å². The molecule has 20 heavy (non-hydrogen) atoms. The summed E-state index contributed by atoms with van der Waals surface area (Å²) in [5, 5.41) is 11.7. The molecule has 0 amide bonds. The molecule has 0 spiro atoms. The Bertz CT molecular complexity index is 547. The van der Waals surface area contributed by atoms with Crippen LogP contribution in [0.3, 0.4) is 0 Å². The minimum atomic E-state index is -0.671. The quantitative estimate of drug-likeness (QED) is 0.487. The van der Waals surface area contributed by atoms with Gasteiger partial charge < -0.3 is 19.5 Å². The van der Waals surface area contributed by atoms with Gasteiger partial charge in [0.2, 0.25) is 0 Å². The number of anilines is 1. The summed E-state index contributed by atoms with van der Waals surface area (Å²) in [4.78, 5) is 11.4. The summed E-state index contributed by atoms with van der Waals surface area (Å²) in [6, 6.07) is 6.91. The van der Waals surface area contributed by atoms with Crippen molar-refractivity contribution in [2.45, 2.75) is 6.92 Å². The van der Waals surface area contributed by atoms with Crippen LogP contribution in [-0.2, 0) is 9.53 Å². The standard InChI is InChI=1S/C14H16N2O4/c1-4-20-14(17)10(8-15)9-16-12-6-5-11(18-2)7-13(12)19-3/h5-7,9,16H,4H2,1-3H3. The van der Waals surface area contributed by atoms with E-state index < -0.39 is 5.97 Å². The lowest BCUT2D eigenvalue weighted by Gasteiger charge is -2.10. The van der Waals surface area contributed by atoms with Gasteiger partial charge in [0.1, 0.15) is 17.6 Å². The lowest BCUT2D eigenvalue weighted by molar-refractivity contribution is -0.138. The summed E-state index contributed by atoms with van der Waals surface area (Å²) in [7, 11) is 3.07. The third-order valence-electron chi connectivity index (χ3n) is 2.40. The fourth-order valence-corrected chi connectivity index (χ4v) is 1.41. The van der Waals surface area contributed by atoms with E-state index in [0.717, 1.165) is 0 Å². The van der Waals surface area contributed by atoms with Crippen molar-refractivity contribution in [1.29, 1.82) is 5.26 Å². The molecule has 106 valence electrons. The predicted octanol–water partition coefficient (Wildman–Crippen LogP) is 2.09. The Kier molecular flexibility index (Phi) is 5.91. The van der Waals surface area contributed by atoms with Crippen LogP contribution in [0, 0.1) is 11.3 Å². The summed E-state index contributed by atoms with van der Waals surface area (Å²) in [6.07, 6.45) is 1.28. The van der Waals surface area contributed by atoms with Crippen molar-refractivity contribution in [1.82, 2.24) is 0 Å². The molecule has 0 saturated heterocycles. The summed E-state index contributed by atoms with van der Waals surface area (Å²) in [5.41, 5.74) is 0.482. The molecule has 1 aromatic rings. The Morgan fingerprint density at radius 2 is 2.15 bits per heavy atom. The van der Waals surface area contributed by atoms with E-state index in [1.807, 2.05) is 0 Å². The summed E-state index contributed by atoms with van der Waals surface area (Å²) in [6.45, 7) is 1.89. The summed E-state index contributed by atoms with van der Waals surface area (Å²) >= 11 is 0. The largest absolute Gasteiger partial charge is 0.497 e. The number of nitrogens with one attached hydrogen (secondary N) is 1. The molecule has 0 heterocycles. The first-order chi connectivity index (χ1) is 9.65. The monoisotopic (exact) mass is 276 g/mol. The molecular formula is C14H16N2O4. The highest BCUT2D eigenvalue weighted by atomic mass is 16.5. The zero-order chi connectivity index (χ0) is 15.0. The van der Waals surface area contributed by atoms with Gasteiger partial charge in [0.05, 0.1) is 26.5 Å². The number of carbonyl (C=O) groups excluding carboxylic acids is 1. The van der Waals surface area contributed by atoms with Crippen LogP contribution < -0.4 is 14.8 Å². The van der Waals surface area contributed by atoms with E-state index in [4.69, 9.17) is 19.5 Å². The van der Waals surface area contributed by atoms with Gasteiger partial charge in [-0.25, -0.2) is 4.79 Å². The van der Waals surface area contributed by atoms with Crippen molar-refractivity contribution >= 4 is 11.7 Å². The second-order valence-electron chi connectivity index (χ2n) is 3.60. The molecule has 0 fully saturated rings. The molecule has 6 nitrogen and oxygen atoms in total. The second-order valence-corrected chi connectivity index (χ2v) is 3.60. The maximum absolute atomic E-state index is 11.4. The predicted molar refractivity (Wildman–Crippen MR) is 73.5 cm³/mol. The average molecular weight is 276 g/mol. The van der Waals surface area contributed by atoms with Crippen molar-refractivity contribution in [2.24, 2.45) is 0 Å². The molecule has 0 aromatic heterocycles. The Morgan fingerprint density at radius 3 is 2.70 bits per heavy atom. The van der Waals surface area contributed by atoms with E-state index in [2.05, 4.69) is 5.32 Å². The Labute approximate surface area is 117 Å². The van der Waals surface area contributed by atoms with Crippen LogP contribution in [-0.4, -0.2) is 26.8 Å².